The van der Waals surface area contributed by atoms with Crippen LogP contribution in [0.2, 0.25) is 0 Å². The quantitative estimate of drug-likeness (QED) is 0.717. The Morgan fingerprint density at radius 1 is 1.57 bits per heavy atom. The molecule has 1 aromatic heterocycles. The summed E-state index contributed by atoms with van der Waals surface area (Å²) in [4.78, 5) is 6.54. The van der Waals surface area contributed by atoms with Crippen LogP contribution >= 0.6 is 0 Å². The Kier molecular flexibility index (Phi) is 2.79. The lowest BCUT2D eigenvalue weighted by Crippen LogP contribution is -2.43. The van der Waals surface area contributed by atoms with E-state index in [4.69, 9.17) is 0 Å². The summed E-state index contributed by atoms with van der Waals surface area (Å²) in [6.07, 6.45) is 3.83. The highest BCUT2D eigenvalue weighted by atomic mass is 15.2. The molecular weight excluding hydrogens is 174 g/mol. The molecule has 1 fully saturated rings. The summed E-state index contributed by atoms with van der Waals surface area (Å²) in [5.74, 6) is 0. The summed E-state index contributed by atoms with van der Waals surface area (Å²) in [6, 6.07) is 2.52. The smallest absolute Gasteiger partial charge is 0.0467 e. The van der Waals surface area contributed by atoms with Crippen molar-refractivity contribution in [2.24, 2.45) is 0 Å². The fraction of sp³-hybridized carbons (Fsp3) is 0.545. The van der Waals surface area contributed by atoms with Gasteiger partial charge in [0.15, 0.2) is 0 Å². The van der Waals surface area contributed by atoms with Crippen LogP contribution < -0.4 is 5.32 Å². The molecule has 1 atom stereocenters. The van der Waals surface area contributed by atoms with Crippen LogP contribution in [0.1, 0.15) is 17.2 Å². The molecule has 0 bridgehead atoms. The van der Waals surface area contributed by atoms with E-state index in [2.05, 4.69) is 35.2 Å². The van der Waals surface area contributed by atoms with Crippen LogP contribution in [-0.2, 0) is 0 Å². The van der Waals surface area contributed by atoms with Gasteiger partial charge in [-0.3, -0.25) is 4.98 Å². The lowest BCUT2D eigenvalue weighted by molar-refractivity contribution is 0.240. The van der Waals surface area contributed by atoms with Crippen LogP contribution in [0, 0.1) is 6.92 Å². The average Bonchev–Trinajstić information content (AvgIpc) is 2.18. The average molecular weight is 191 g/mol. The zero-order valence-corrected chi connectivity index (χ0v) is 8.83. The third-order valence-electron chi connectivity index (χ3n) is 2.83. The van der Waals surface area contributed by atoms with E-state index in [-0.39, 0.29) is 0 Å². The fourth-order valence-electron chi connectivity index (χ4n) is 1.95. The molecule has 2 rings (SSSR count). The minimum absolute atomic E-state index is 0.447. The molecule has 0 saturated carbocycles. The molecule has 1 unspecified atom stereocenters. The Labute approximate surface area is 85.1 Å². The number of pyridine rings is 1. The van der Waals surface area contributed by atoms with Crippen molar-refractivity contribution in [3.05, 3.63) is 29.6 Å². The topological polar surface area (TPSA) is 28.2 Å². The third kappa shape index (κ3) is 1.94. The Bertz CT molecular complexity index is 311. The van der Waals surface area contributed by atoms with E-state index in [0.29, 0.717) is 6.04 Å². The van der Waals surface area contributed by atoms with E-state index in [1.54, 1.807) is 0 Å². The summed E-state index contributed by atoms with van der Waals surface area (Å²) in [7, 11) is 2.17. The Balaban J connectivity index is 2.18. The molecule has 14 heavy (non-hydrogen) atoms. The molecule has 1 N–H and O–H groups in total. The van der Waals surface area contributed by atoms with Crippen molar-refractivity contribution in [3.63, 3.8) is 0 Å². The number of piperazine rings is 1. The van der Waals surface area contributed by atoms with Gasteiger partial charge in [-0.2, -0.15) is 0 Å². The second-order valence-electron chi connectivity index (χ2n) is 4.00. The second-order valence-corrected chi connectivity index (χ2v) is 4.00. The monoisotopic (exact) mass is 191 g/mol. The van der Waals surface area contributed by atoms with Gasteiger partial charge in [-0.15, -0.1) is 0 Å². The van der Waals surface area contributed by atoms with Crippen molar-refractivity contribution in [1.82, 2.24) is 15.2 Å². The van der Waals surface area contributed by atoms with Crippen LogP contribution in [0.25, 0.3) is 0 Å². The number of nitrogens with one attached hydrogen (secondary N) is 1. The van der Waals surface area contributed by atoms with Crippen LogP contribution in [0.5, 0.6) is 0 Å². The van der Waals surface area contributed by atoms with E-state index >= 15 is 0 Å². The van der Waals surface area contributed by atoms with E-state index < -0.39 is 0 Å². The minimum Gasteiger partial charge on any atom is -0.308 e. The van der Waals surface area contributed by atoms with E-state index in [9.17, 15) is 0 Å². The zero-order valence-electron chi connectivity index (χ0n) is 8.83. The molecular formula is C11H17N3. The van der Waals surface area contributed by atoms with E-state index in [0.717, 1.165) is 19.6 Å². The first-order valence-corrected chi connectivity index (χ1v) is 5.10. The predicted molar refractivity (Wildman–Crippen MR) is 57.2 cm³/mol. The number of likely N-dealkylation sites (N-methyl/N-ethyl adjacent to an activating group) is 1. The summed E-state index contributed by atoms with van der Waals surface area (Å²) < 4.78 is 0. The van der Waals surface area contributed by atoms with Gasteiger partial charge in [-0.1, -0.05) is 0 Å². The normalized spacial score (nSPS) is 23.7. The van der Waals surface area contributed by atoms with Crippen molar-refractivity contribution in [3.8, 4) is 0 Å². The van der Waals surface area contributed by atoms with Gasteiger partial charge in [0.05, 0.1) is 0 Å². The number of nitrogens with zero attached hydrogens (tertiary/aromatic N) is 2. The molecule has 1 saturated heterocycles. The fourth-order valence-corrected chi connectivity index (χ4v) is 1.95. The highest BCUT2D eigenvalue weighted by Crippen LogP contribution is 2.18. The van der Waals surface area contributed by atoms with Crippen molar-refractivity contribution in [1.29, 1.82) is 0 Å². The van der Waals surface area contributed by atoms with Crippen LogP contribution in [-0.4, -0.2) is 36.6 Å². The largest absolute Gasteiger partial charge is 0.308 e. The van der Waals surface area contributed by atoms with E-state index in [1.807, 2.05) is 12.4 Å². The summed E-state index contributed by atoms with van der Waals surface area (Å²) >= 11 is 0. The molecule has 1 aromatic rings. The minimum atomic E-state index is 0.447. The maximum atomic E-state index is 4.19. The lowest BCUT2D eigenvalue weighted by atomic mass is 10.0. The Morgan fingerprint density at radius 2 is 2.43 bits per heavy atom. The highest BCUT2D eigenvalue weighted by molar-refractivity contribution is 5.25. The Hall–Kier alpha value is -0.930. The van der Waals surface area contributed by atoms with Crippen LogP contribution in [0.15, 0.2) is 18.5 Å². The first-order valence-electron chi connectivity index (χ1n) is 5.10. The molecule has 3 nitrogen and oxygen atoms in total. The predicted octanol–water partition coefficient (Wildman–Crippen LogP) is 0.966. The molecule has 0 aliphatic carbocycles. The van der Waals surface area contributed by atoms with Gasteiger partial charge < -0.3 is 10.2 Å². The Morgan fingerprint density at radius 3 is 3.14 bits per heavy atom. The molecule has 0 aromatic carbocycles. The van der Waals surface area contributed by atoms with Crippen LogP contribution in [0.3, 0.4) is 0 Å². The molecule has 0 amide bonds. The van der Waals surface area contributed by atoms with Gasteiger partial charge in [0.1, 0.15) is 0 Å². The summed E-state index contributed by atoms with van der Waals surface area (Å²) in [6.45, 7) is 5.42. The van der Waals surface area contributed by atoms with Gasteiger partial charge in [-0.25, -0.2) is 0 Å². The number of hydrogen-bond acceptors (Lipinski definition) is 3. The van der Waals surface area contributed by atoms with Gasteiger partial charge in [-0.05, 0) is 31.2 Å². The van der Waals surface area contributed by atoms with Crippen molar-refractivity contribution in [2.75, 3.05) is 26.7 Å². The maximum Gasteiger partial charge on any atom is 0.0467 e. The van der Waals surface area contributed by atoms with Gasteiger partial charge in [0.25, 0.3) is 0 Å². The van der Waals surface area contributed by atoms with Crippen molar-refractivity contribution < 1.29 is 0 Å². The second kappa shape index (κ2) is 4.07. The SMILES string of the molecule is Cc1ccncc1C1CN(C)CCN1. The van der Waals surface area contributed by atoms with Crippen LogP contribution in [0.4, 0.5) is 0 Å². The lowest BCUT2D eigenvalue weighted by Gasteiger charge is -2.31. The molecule has 2 heterocycles. The zero-order chi connectivity index (χ0) is 9.97. The molecule has 1 aliphatic heterocycles. The molecule has 1 aliphatic rings. The van der Waals surface area contributed by atoms with Gasteiger partial charge >= 0.3 is 0 Å². The third-order valence-corrected chi connectivity index (χ3v) is 2.83. The molecule has 76 valence electrons. The van der Waals surface area contributed by atoms with Gasteiger partial charge in [0, 0.05) is 38.1 Å². The number of aromatic nitrogens is 1. The highest BCUT2D eigenvalue weighted by Gasteiger charge is 2.19. The first kappa shape index (κ1) is 9.62. The maximum absolute atomic E-state index is 4.19. The number of aryl methyl sites for hydroxylation is 1. The molecule has 3 heteroatoms. The molecule has 0 radical (unpaired) electrons. The summed E-state index contributed by atoms with van der Waals surface area (Å²) in [5, 5.41) is 3.52. The van der Waals surface area contributed by atoms with Crippen molar-refractivity contribution in [2.45, 2.75) is 13.0 Å². The van der Waals surface area contributed by atoms with Gasteiger partial charge in [0.2, 0.25) is 0 Å². The summed E-state index contributed by atoms with van der Waals surface area (Å²) in [5.41, 5.74) is 2.66. The number of hydrogen-bond donors (Lipinski definition) is 1. The standard InChI is InChI=1S/C11H17N3/c1-9-3-4-12-7-10(9)11-8-14(2)6-5-13-11/h3-4,7,11,13H,5-6,8H2,1-2H3. The van der Waals surface area contributed by atoms with Crippen molar-refractivity contribution >= 4 is 0 Å². The first-order chi connectivity index (χ1) is 6.77. The number of rotatable bonds is 1. The van der Waals surface area contributed by atoms with E-state index in [1.165, 1.54) is 11.1 Å². The molecule has 0 spiro atoms.